The zero-order valence-electron chi connectivity index (χ0n) is 15.6. The minimum atomic E-state index is -0.451. The smallest absolute Gasteiger partial charge is 0.281 e. The molecule has 0 aliphatic rings. The molecule has 1 heterocycles. The number of carbonyl (C=O) groups excluding carboxylic acids is 2. The lowest BCUT2D eigenvalue weighted by Gasteiger charge is -2.15. The first-order chi connectivity index (χ1) is 13.9. The number of hydrazine groups is 1. The molecule has 0 atom stereocenters. The normalized spacial score (nSPS) is 10.6. The molecular weight excluding hydrogens is 430 g/mol. The van der Waals surface area contributed by atoms with Gasteiger partial charge in [0.1, 0.15) is 10.6 Å². The van der Waals surface area contributed by atoms with Crippen LogP contribution >= 0.6 is 35.2 Å². The van der Waals surface area contributed by atoms with Crippen LogP contribution < -0.4 is 20.9 Å². The van der Waals surface area contributed by atoms with Crippen molar-refractivity contribution < 1.29 is 14.3 Å². The number of thiocarbonyl (C=S) groups is 1. The van der Waals surface area contributed by atoms with Crippen molar-refractivity contribution in [1.82, 2.24) is 16.2 Å². The molecule has 0 unspecified atom stereocenters. The van der Waals surface area contributed by atoms with Crippen LogP contribution in [0.5, 0.6) is 5.75 Å². The van der Waals surface area contributed by atoms with Gasteiger partial charge in [-0.3, -0.25) is 25.8 Å². The van der Waals surface area contributed by atoms with Gasteiger partial charge >= 0.3 is 0 Å². The standard InChI is InChI=1S/C20H18ClN3O3S2/c1-11(2)27-14-9-5-3-7-12(14)18(25)22-20(28)24-23-19(26)17-16(21)13-8-4-6-10-15(13)29-17/h3-11H,1-2H3,(H,23,26)(H2,22,24,25,28). The molecule has 3 aromatic rings. The van der Waals surface area contributed by atoms with E-state index in [1.165, 1.54) is 11.3 Å². The van der Waals surface area contributed by atoms with Gasteiger partial charge in [-0.1, -0.05) is 41.9 Å². The number of benzene rings is 2. The van der Waals surface area contributed by atoms with Crippen molar-refractivity contribution in [3.63, 3.8) is 0 Å². The van der Waals surface area contributed by atoms with E-state index in [4.69, 9.17) is 28.6 Å². The molecule has 3 rings (SSSR count). The lowest BCUT2D eigenvalue weighted by atomic mass is 10.2. The minimum Gasteiger partial charge on any atom is -0.490 e. The van der Waals surface area contributed by atoms with E-state index in [-0.39, 0.29) is 11.2 Å². The molecule has 150 valence electrons. The largest absolute Gasteiger partial charge is 0.490 e. The molecule has 0 spiro atoms. The van der Waals surface area contributed by atoms with Crippen molar-refractivity contribution >= 4 is 62.2 Å². The minimum absolute atomic E-state index is 0.0556. The van der Waals surface area contributed by atoms with E-state index >= 15 is 0 Å². The second kappa shape index (κ2) is 9.21. The quantitative estimate of drug-likeness (QED) is 0.410. The Kier molecular flexibility index (Phi) is 6.68. The van der Waals surface area contributed by atoms with Gasteiger partial charge in [0.25, 0.3) is 11.8 Å². The molecule has 9 heteroatoms. The van der Waals surface area contributed by atoms with Crippen LogP contribution in [0.25, 0.3) is 10.1 Å². The van der Waals surface area contributed by atoms with E-state index in [9.17, 15) is 9.59 Å². The number of amides is 2. The second-order valence-electron chi connectivity index (χ2n) is 6.27. The van der Waals surface area contributed by atoms with Crippen LogP contribution in [-0.2, 0) is 0 Å². The number of carbonyl (C=O) groups is 2. The molecular formula is C20H18ClN3O3S2. The number of ether oxygens (including phenoxy) is 1. The lowest BCUT2D eigenvalue weighted by Crippen LogP contribution is -2.48. The molecule has 0 aliphatic heterocycles. The third-order valence-corrected chi connectivity index (χ3v) is 5.63. The van der Waals surface area contributed by atoms with Gasteiger partial charge in [0.2, 0.25) is 0 Å². The number of hydrogen-bond donors (Lipinski definition) is 3. The fraction of sp³-hybridized carbons (Fsp3) is 0.150. The predicted molar refractivity (Wildman–Crippen MR) is 120 cm³/mol. The van der Waals surface area contributed by atoms with Crippen molar-refractivity contribution in [2.45, 2.75) is 20.0 Å². The Morgan fingerprint density at radius 1 is 1.03 bits per heavy atom. The maximum Gasteiger partial charge on any atom is 0.281 e. The Labute approximate surface area is 182 Å². The van der Waals surface area contributed by atoms with Crippen LogP contribution in [0.3, 0.4) is 0 Å². The molecule has 0 fully saturated rings. The van der Waals surface area contributed by atoms with Crippen LogP contribution in [0, 0.1) is 0 Å². The molecule has 0 aliphatic carbocycles. The second-order valence-corrected chi connectivity index (χ2v) is 8.10. The Hall–Kier alpha value is -2.68. The molecule has 0 bridgehead atoms. The molecule has 1 aromatic heterocycles. The Balaban J connectivity index is 1.62. The monoisotopic (exact) mass is 447 g/mol. The number of halogens is 1. The van der Waals surface area contributed by atoms with Gasteiger partial charge in [0.05, 0.1) is 16.7 Å². The maximum atomic E-state index is 12.5. The molecule has 6 nitrogen and oxygen atoms in total. The SMILES string of the molecule is CC(C)Oc1ccccc1C(=O)NC(=S)NNC(=O)c1sc2ccccc2c1Cl. The van der Waals surface area contributed by atoms with E-state index < -0.39 is 11.8 Å². The van der Waals surface area contributed by atoms with Gasteiger partial charge in [0.15, 0.2) is 5.11 Å². The predicted octanol–water partition coefficient (Wildman–Crippen LogP) is 4.29. The van der Waals surface area contributed by atoms with E-state index in [0.717, 1.165) is 10.1 Å². The van der Waals surface area contributed by atoms with Gasteiger partial charge in [-0.05, 0) is 44.3 Å². The summed E-state index contributed by atoms with van der Waals surface area (Å²) in [7, 11) is 0. The Bertz CT molecular complexity index is 1080. The van der Waals surface area contributed by atoms with Crippen LogP contribution in [-0.4, -0.2) is 23.0 Å². The van der Waals surface area contributed by atoms with Crippen molar-refractivity contribution in [2.75, 3.05) is 0 Å². The number of para-hydroxylation sites is 1. The van der Waals surface area contributed by atoms with Crippen LogP contribution in [0.4, 0.5) is 0 Å². The average Bonchev–Trinajstić information content (AvgIpc) is 3.03. The van der Waals surface area contributed by atoms with Crippen molar-refractivity contribution in [3.8, 4) is 5.75 Å². The van der Waals surface area contributed by atoms with Crippen LogP contribution in [0.15, 0.2) is 48.5 Å². The Morgan fingerprint density at radius 3 is 2.45 bits per heavy atom. The number of rotatable bonds is 4. The van der Waals surface area contributed by atoms with Crippen LogP contribution in [0.2, 0.25) is 5.02 Å². The summed E-state index contributed by atoms with van der Waals surface area (Å²) in [5.41, 5.74) is 5.31. The highest BCUT2D eigenvalue weighted by Crippen LogP contribution is 2.34. The van der Waals surface area contributed by atoms with E-state index in [0.29, 0.717) is 21.2 Å². The summed E-state index contributed by atoms with van der Waals surface area (Å²) in [5.74, 6) is -0.451. The zero-order valence-corrected chi connectivity index (χ0v) is 18.0. The first kappa shape index (κ1) is 21.0. The zero-order chi connectivity index (χ0) is 21.0. The van der Waals surface area contributed by atoms with E-state index in [1.807, 2.05) is 38.1 Å². The third kappa shape index (κ3) is 5.03. The fourth-order valence-electron chi connectivity index (χ4n) is 2.54. The van der Waals surface area contributed by atoms with Crippen molar-refractivity contribution in [1.29, 1.82) is 0 Å². The first-order valence-corrected chi connectivity index (χ1v) is 10.3. The summed E-state index contributed by atoms with van der Waals surface area (Å²) in [6, 6.07) is 14.3. The highest BCUT2D eigenvalue weighted by molar-refractivity contribution is 7.80. The number of fused-ring (bicyclic) bond motifs is 1. The average molecular weight is 448 g/mol. The summed E-state index contributed by atoms with van der Waals surface area (Å²) < 4.78 is 6.54. The van der Waals surface area contributed by atoms with E-state index in [2.05, 4.69) is 16.2 Å². The molecule has 29 heavy (non-hydrogen) atoms. The summed E-state index contributed by atoms with van der Waals surface area (Å²) in [5, 5.41) is 3.64. The van der Waals surface area contributed by atoms with Crippen molar-refractivity contribution in [3.05, 3.63) is 64.0 Å². The summed E-state index contributed by atoms with van der Waals surface area (Å²) in [6.07, 6.45) is -0.0839. The lowest BCUT2D eigenvalue weighted by molar-refractivity contribution is 0.0936. The molecule has 3 N–H and O–H groups in total. The summed E-state index contributed by atoms with van der Waals surface area (Å²) >= 11 is 12.7. The number of nitrogens with one attached hydrogen (secondary N) is 3. The van der Waals surface area contributed by atoms with Crippen LogP contribution in [0.1, 0.15) is 33.9 Å². The molecule has 2 aromatic carbocycles. The molecule has 0 saturated carbocycles. The van der Waals surface area contributed by atoms with Gasteiger partial charge in [0, 0.05) is 10.1 Å². The van der Waals surface area contributed by atoms with E-state index in [1.54, 1.807) is 24.3 Å². The highest BCUT2D eigenvalue weighted by atomic mass is 35.5. The summed E-state index contributed by atoms with van der Waals surface area (Å²) in [6.45, 7) is 3.74. The molecule has 0 saturated heterocycles. The Morgan fingerprint density at radius 2 is 1.72 bits per heavy atom. The van der Waals surface area contributed by atoms with Gasteiger partial charge in [-0.25, -0.2) is 0 Å². The first-order valence-electron chi connectivity index (χ1n) is 8.71. The number of hydrogen-bond acceptors (Lipinski definition) is 5. The van der Waals surface area contributed by atoms with Gasteiger partial charge in [-0.15, -0.1) is 11.3 Å². The van der Waals surface area contributed by atoms with Gasteiger partial charge < -0.3 is 4.74 Å². The topological polar surface area (TPSA) is 79.5 Å². The maximum absolute atomic E-state index is 12.5. The van der Waals surface area contributed by atoms with Crippen molar-refractivity contribution in [2.24, 2.45) is 0 Å². The fourth-order valence-corrected chi connectivity index (χ4v) is 4.10. The third-order valence-electron chi connectivity index (χ3n) is 3.75. The highest BCUT2D eigenvalue weighted by Gasteiger charge is 2.18. The molecule has 2 amide bonds. The van der Waals surface area contributed by atoms with Gasteiger partial charge in [-0.2, -0.15) is 0 Å². The number of thiophene rings is 1. The summed E-state index contributed by atoms with van der Waals surface area (Å²) in [4.78, 5) is 25.3. The molecule has 0 radical (unpaired) electrons.